The molecule has 0 radical (unpaired) electrons. The summed E-state index contributed by atoms with van der Waals surface area (Å²) in [5.74, 6) is 0. The monoisotopic (exact) mass is 292 g/mol. The maximum atomic E-state index is 12.7. The van der Waals surface area contributed by atoms with Crippen molar-refractivity contribution in [1.82, 2.24) is 14.9 Å². The first-order valence-electron chi connectivity index (χ1n) is 6.38. The van der Waals surface area contributed by atoms with Gasteiger partial charge in [-0.2, -0.15) is 8.42 Å². The standard InChI is InChI=1S/C13H16N4O2S/c1-16-9-13(15-10-16)20(18,19)17-7-6-14-8-11-4-2-3-5-12(11)17/h2-5,9-10,14H,6-8H2,1H3. The van der Waals surface area contributed by atoms with E-state index in [9.17, 15) is 8.42 Å². The van der Waals surface area contributed by atoms with Crippen molar-refractivity contribution in [1.29, 1.82) is 0 Å². The number of benzene rings is 1. The van der Waals surface area contributed by atoms with E-state index in [0.717, 1.165) is 11.3 Å². The minimum absolute atomic E-state index is 0.0803. The van der Waals surface area contributed by atoms with Crippen LogP contribution in [-0.4, -0.2) is 31.1 Å². The summed E-state index contributed by atoms with van der Waals surface area (Å²) in [6.45, 7) is 1.68. The third-order valence-electron chi connectivity index (χ3n) is 3.30. The number of imidazole rings is 1. The predicted octanol–water partition coefficient (Wildman–Crippen LogP) is 0.719. The summed E-state index contributed by atoms with van der Waals surface area (Å²) in [6, 6.07) is 7.54. The molecule has 0 spiro atoms. The number of aryl methyl sites for hydroxylation is 1. The number of anilines is 1. The first kappa shape index (κ1) is 13.1. The molecule has 1 aromatic carbocycles. The van der Waals surface area contributed by atoms with Crippen LogP contribution in [0.15, 0.2) is 41.8 Å². The topological polar surface area (TPSA) is 67.2 Å². The molecule has 0 atom stereocenters. The number of nitrogens with zero attached hydrogens (tertiary/aromatic N) is 3. The van der Waals surface area contributed by atoms with Gasteiger partial charge < -0.3 is 9.88 Å². The highest BCUT2D eigenvalue weighted by Gasteiger charge is 2.29. The van der Waals surface area contributed by atoms with Gasteiger partial charge in [0.15, 0.2) is 5.03 Å². The van der Waals surface area contributed by atoms with Gasteiger partial charge in [-0.3, -0.25) is 4.31 Å². The Morgan fingerprint density at radius 3 is 2.85 bits per heavy atom. The van der Waals surface area contributed by atoms with Gasteiger partial charge in [0.05, 0.1) is 12.0 Å². The lowest BCUT2D eigenvalue weighted by molar-refractivity contribution is 0.586. The van der Waals surface area contributed by atoms with Gasteiger partial charge in [0, 0.05) is 32.9 Å². The SMILES string of the molecule is Cn1cnc(S(=O)(=O)N2CCNCc3ccccc32)c1. The van der Waals surface area contributed by atoms with E-state index in [0.29, 0.717) is 19.6 Å². The predicted molar refractivity (Wildman–Crippen MR) is 75.9 cm³/mol. The van der Waals surface area contributed by atoms with Crippen molar-refractivity contribution >= 4 is 15.7 Å². The number of para-hydroxylation sites is 1. The summed E-state index contributed by atoms with van der Waals surface area (Å²) in [7, 11) is -1.86. The highest BCUT2D eigenvalue weighted by atomic mass is 32.2. The van der Waals surface area contributed by atoms with Crippen molar-refractivity contribution in [3.63, 3.8) is 0 Å². The first-order chi connectivity index (χ1) is 9.59. The molecule has 7 heteroatoms. The second-order valence-electron chi connectivity index (χ2n) is 4.76. The van der Waals surface area contributed by atoms with Gasteiger partial charge in [-0.1, -0.05) is 18.2 Å². The van der Waals surface area contributed by atoms with Gasteiger partial charge in [-0.25, -0.2) is 4.98 Å². The summed E-state index contributed by atoms with van der Waals surface area (Å²) in [4.78, 5) is 3.98. The molecular formula is C13H16N4O2S. The van der Waals surface area contributed by atoms with E-state index in [4.69, 9.17) is 0 Å². The molecule has 106 valence electrons. The van der Waals surface area contributed by atoms with Crippen LogP contribution in [0.3, 0.4) is 0 Å². The summed E-state index contributed by atoms with van der Waals surface area (Å²) < 4.78 is 28.5. The van der Waals surface area contributed by atoms with E-state index in [2.05, 4.69) is 10.3 Å². The van der Waals surface area contributed by atoms with Crippen LogP contribution in [-0.2, 0) is 23.6 Å². The molecule has 1 N–H and O–H groups in total. The molecule has 3 rings (SSSR count). The number of sulfonamides is 1. The lowest BCUT2D eigenvalue weighted by Crippen LogP contribution is -2.35. The Balaban J connectivity index is 2.09. The minimum atomic E-state index is -3.62. The molecule has 0 aliphatic carbocycles. The van der Waals surface area contributed by atoms with Crippen LogP contribution >= 0.6 is 0 Å². The number of nitrogens with one attached hydrogen (secondary N) is 1. The Morgan fingerprint density at radius 2 is 2.10 bits per heavy atom. The van der Waals surface area contributed by atoms with Crippen LogP contribution in [0, 0.1) is 0 Å². The minimum Gasteiger partial charge on any atom is -0.339 e. The molecular weight excluding hydrogens is 276 g/mol. The molecule has 0 unspecified atom stereocenters. The molecule has 0 amide bonds. The zero-order chi connectivity index (χ0) is 14.2. The van der Waals surface area contributed by atoms with E-state index < -0.39 is 10.0 Å². The van der Waals surface area contributed by atoms with Crippen LogP contribution in [0.5, 0.6) is 0 Å². The van der Waals surface area contributed by atoms with Gasteiger partial charge in [-0.15, -0.1) is 0 Å². The molecule has 20 heavy (non-hydrogen) atoms. The fraction of sp³-hybridized carbons (Fsp3) is 0.308. The normalized spacial score (nSPS) is 15.8. The third kappa shape index (κ3) is 2.19. The maximum absolute atomic E-state index is 12.7. The summed E-state index contributed by atoms with van der Waals surface area (Å²) in [5, 5.41) is 3.31. The molecule has 0 fully saturated rings. The van der Waals surface area contributed by atoms with Gasteiger partial charge in [-0.05, 0) is 11.6 Å². The Bertz CT molecular complexity index is 723. The average Bonchev–Trinajstić information content (AvgIpc) is 2.75. The smallest absolute Gasteiger partial charge is 0.283 e. The highest BCUT2D eigenvalue weighted by molar-refractivity contribution is 7.92. The number of rotatable bonds is 2. The molecule has 2 heterocycles. The van der Waals surface area contributed by atoms with Gasteiger partial charge in [0.2, 0.25) is 0 Å². The lowest BCUT2D eigenvalue weighted by atomic mass is 10.2. The zero-order valence-corrected chi connectivity index (χ0v) is 12.0. The second kappa shape index (κ2) is 4.92. The van der Waals surface area contributed by atoms with Gasteiger partial charge >= 0.3 is 0 Å². The third-order valence-corrected chi connectivity index (χ3v) is 5.00. The molecule has 1 aromatic heterocycles. The number of fused-ring (bicyclic) bond motifs is 1. The van der Waals surface area contributed by atoms with E-state index in [1.807, 2.05) is 24.3 Å². The second-order valence-corrected chi connectivity index (χ2v) is 6.57. The Labute approximate surface area is 118 Å². The van der Waals surface area contributed by atoms with E-state index in [1.165, 1.54) is 16.8 Å². The van der Waals surface area contributed by atoms with E-state index in [1.54, 1.807) is 11.6 Å². The van der Waals surface area contributed by atoms with Crippen molar-refractivity contribution in [3.05, 3.63) is 42.4 Å². The van der Waals surface area contributed by atoms with E-state index in [-0.39, 0.29) is 5.03 Å². The van der Waals surface area contributed by atoms with Crippen molar-refractivity contribution in [2.45, 2.75) is 11.6 Å². The summed E-state index contributed by atoms with van der Waals surface area (Å²) >= 11 is 0. The van der Waals surface area contributed by atoms with Crippen molar-refractivity contribution in [3.8, 4) is 0 Å². The van der Waals surface area contributed by atoms with Crippen LogP contribution in [0.25, 0.3) is 0 Å². The Hall–Kier alpha value is -1.86. The largest absolute Gasteiger partial charge is 0.339 e. The van der Waals surface area contributed by atoms with Crippen LogP contribution in [0.4, 0.5) is 5.69 Å². The van der Waals surface area contributed by atoms with Crippen LogP contribution < -0.4 is 9.62 Å². The van der Waals surface area contributed by atoms with Crippen molar-refractivity contribution < 1.29 is 8.42 Å². The molecule has 6 nitrogen and oxygen atoms in total. The first-order valence-corrected chi connectivity index (χ1v) is 7.82. The highest BCUT2D eigenvalue weighted by Crippen LogP contribution is 2.27. The molecule has 0 saturated carbocycles. The maximum Gasteiger partial charge on any atom is 0.283 e. The van der Waals surface area contributed by atoms with Crippen LogP contribution in [0.1, 0.15) is 5.56 Å². The van der Waals surface area contributed by atoms with Crippen molar-refractivity contribution in [2.75, 3.05) is 17.4 Å². The number of hydrogen-bond acceptors (Lipinski definition) is 4. The lowest BCUT2D eigenvalue weighted by Gasteiger charge is -2.22. The average molecular weight is 292 g/mol. The fourth-order valence-corrected chi connectivity index (χ4v) is 3.79. The molecule has 0 bridgehead atoms. The number of aromatic nitrogens is 2. The van der Waals surface area contributed by atoms with Crippen LogP contribution in [0.2, 0.25) is 0 Å². The molecule has 1 aliphatic heterocycles. The summed E-state index contributed by atoms with van der Waals surface area (Å²) in [5.41, 5.74) is 1.70. The van der Waals surface area contributed by atoms with E-state index >= 15 is 0 Å². The Morgan fingerprint density at radius 1 is 1.30 bits per heavy atom. The van der Waals surface area contributed by atoms with Gasteiger partial charge in [0.1, 0.15) is 0 Å². The molecule has 2 aromatic rings. The van der Waals surface area contributed by atoms with Crippen molar-refractivity contribution in [2.24, 2.45) is 7.05 Å². The zero-order valence-electron chi connectivity index (χ0n) is 11.2. The fourth-order valence-electron chi connectivity index (χ4n) is 2.31. The molecule has 0 saturated heterocycles. The summed E-state index contributed by atoms with van der Waals surface area (Å²) in [6.07, 6.45) is 3.02. The number of hydrogen-bond donors (Lipinski definition) is 1. The molecule has 1 aliphatic rings. The Kier molecular flexibility index (Phi) is 3.23. The van der Waals surface area contributed by atoms with Gasteiger partial charge in [0.25, 0.3) is 10.0 Å². The quantitative estimate of drug-likeness (QED) is 0.885.